The Kier molecular flexibility index (Phi) is 5.54. The lowest BCUT2D eigenvalue weighted by Gasteiger charge is -2.04. The fraction of sp³-hybridized carbons (Fsp3) is 0.167. The smallest absolute Gasteiger partial charge is 0.230 e. The van der Waals surface area contributed by atoms with Crippen LogP contribution >= 0.6 is 23.4 Å². The zero-order valence-electron chi connectivity index (χ0n) is 14.6. The van der Waals surface area contributed by atoms with Crippen molar-refractivity contribution in [2.75, 3.05) is 5.75 Å². The van der Waals surface area contributed by atoms with Crippen LogP contribution in [0.25, 0.3) is 11.2 Å². The van der Waals surface area contributed by atoms with E-state index in [1.165, 1.54) is 18.1 Å². The average molecular weight is 415 g/mol. The SMILES string of the molecule is O=C(CSc1ncnc2c1nnn2Cc1ccc(Cl)cc1)NCc1ccco1. The van der Waals surface area contributed by atoms with Crippen LogP contribution in [0.2, 0.25) is 5.02 Å². The third-order valence-corrected chi connectivity index (χ3v) is 5.12. The number of benzene rings is 1. The summed E-state index contributed by atoms with van der Waals surface area (Å²) < 4.78 is 6.89. The standard InChI is InChI=1S/C18H15ClN6O2S/c19-13-5-3-12(4-6-13)9-25-17-16(23-24-25)18(22-11-21-17)28-10-15(26)20-8-14-2-1-7-27-14/h1-7,11H,8-10H2,(H,20,26). The summed E-state index contributed by atoms with van der Waals surface area (Å²) in [6.45, 7) is 0.862. The summed E-state index contributed by atoms with van der Waals surface area (Å²) in [5, 5.41) is 12.5. The van der Waals surface area contributed by atoms with Gasteiger partial charge in [-0.15, -0.1) is 5.10 Å². The average Bonchev–Trinajstić information content (AvgIpc) is 3.37. The minimum absolute atomic E-state index is 0.123. The van der Waals surface area contributed by atoms with Crippen LogP contribution in [0.3, 0.4) is 0 Å². The molecule has 0 aliphatic carbocycles. The van der Waals surface area contributed by atoms with Crippen molar-refractivity contribution < 1.29 is 9.21 Å². The number of hydrogen-bond donors (Lipinski definition) is 1. The number of nitrogens with zero attached hydrogens (tertiary/aromatic N) is 5. The third-order valence-electron chi connectivity index (χ3n) is 3.89. The van der Waals surface area contributed by atoms with Crippen molar-refractivity contribution in [3.05, 3.63) is 65.3 Å². The summed E-state index contributed by atoms with van der Waals surface area (Å²) in [4.78, 5) is 20.6. The van der Waals surface area contributed by atoms with Crippen molar-refractivity contribution in [1.82, 2.24) is 30.3 Å². The lowest BCUT2D eigenvalue weighted by molar-refractivity contribution is -0.118. The highest BCUT2D eigenvalue weighted by Crippen LogP contribution is 2.22. The van der Waals surface area contributed by atoms with Crippen molar-refractivity contribution in [2.24, 2.45) is 0 Å². The van der Waals surface area contributed by atoms with E-state index in [1.807, 2.05) is 24.3 Å². The first-order chi connectivity index (χ1) is 13.7. The molecule has 4 rings (SSSR count). The summed E-state index contributed by atoms with van der Waals surface area (Å²) in [6.07, 6.45) is 3.02. The highest BCUT2D eigenvalue weighted by molar-refractivity contribution is 8.00. The molecule has 0 atom stereocenters. The zero-order valence-corrected chi connectivity index (χ0v) is 16.2. The Balaban J connectivity index is 1.42. The van der Waals surface area contributed by atoms with E-state index >= 15 is 0 Å². The van der Waals surface area contributed by atoms with Crippen molar-refractivity contribution in [1.29, 1.82) is 0 Å². The lowest BCUT2D eigenvalue weighted by Crippen LogP contribution is -2.24. The van der Waals surface area contributed by atoms with Gasteiger partial charge in [-0.05, 0) is 29.8 Å². The van der Waals surface area contributed by atoms with Gasteiger partial charge in [0.2, 0.25) is 5.91 Å². The van der Waals surface area contributed by atoms with Crippen molar-refractivity contribution in [3.63, 3.8) is 0 Å². The molecule has 28 heavy (non-hydrogen) atoms. The number of fused-ring (bicyclic) bond motifs is 1. The number of thioether (sulfide) groups is 1. The van der Waals surface area contributed by atoms with Crippen LogP contribution < -0.4 is 5.32 Å². The molecule has 0 radical (unpaired) electrons. The predicted molar refractivity (Wildman–Crippen MR) is 105 cm³/mol. The Morgan fingerprint density at radius 2 is 2.07 bits per heavy atom. The number of rotatable bonds is 7. The maximum absolute atomic E-state index is 12.1. The van der Waals surface area contributed by atoms with E-state index in [0.717, 1.165) is 5.56 Å². The second-order valence-electron chi connectivity index (χ2n) is 5.87. The third kappa shape index (κ3) is 4.32. The van der Waals surface area contributed by atoms with E-state index in [1.54, 1.807) is 23.1 Å². The molecular weight excluding hydrogens is 400 g/mol. The topological polar surface area (TPSA) is 98.7 Å². The number of halogens is 1. The van der Waals surface area contributed by atoms with E-state index in [-0.39, 0.29) is 11.7 Å². The van der Waals surface area contributed by atoms with Gasteiger partial charge in [0, 0.05) is 5.02 Å². The number of nitrogens with one attached hydrogen (secondary N) is 1. The summed E-state index contributed by atoms with van der Waals surface area (Å²) in [5.41, 5.74) is 2.21. The highest BCUT2D eigenvalue weighted by atomic mass is 35.5. The Morgan fingerprint density at radius 3 is 2.86 bits per heavy atom. The monoisotopic (exact) mass is 414 g/mol. The van der Waals surface area contributed by atoms with Gasteiger partial charge in [0.05, 0.1) is 25.1 Å². The number of carbonyl (C=O) groups is 1. The van der Waals surface area contributed by atoms with Crippen LogP contribution in [0, 0.1) is 0 Å². The number of amides is 1. The largest absolute Gasteiger partial charge is 0.467 e. The van der Waals surface area contributed by atoms with Gasteiger partial charge in [-0.25, -0.2) is 14.6 Å². The molecule has 0 fully saturated rings. The van der Waals surface area contributed by atoms with Crippen LogP contribution in [-0.4, -0.2) is 36.6 Å². The van der Waals surface area contributed by atoms with Gasteiger partial charge < -0.3 is 9.73 Å². The van der Waals surface area contributed by atoms with Gasteiger partial charge in [-0.1, -0.05) is 40.7 Å². The molecule has 1 N–H and O–H groups in total. The van der Waals surface area contributed by atoms with Gasteiger partial charge in [0.15, 0.2) is 11.2 Å². The first-order valence-corrected chi connectivity index (χ1v) is 9.76. The molecule has 0 aliphatic rings. The van der Waals surface area contributed by atoms with Crippen molar-refractivity contribution in [2.45, 2.75) is 18.1 Å². The number of hydrogen-bond acceptors (Lipinski definition) is 7. The number of furan rings is 1. The minimum atomic E-state index is -0.123. The molecule has 0 saturated carbocycles. The molecule has 3 aromatic heterocycles. The molecule has 10 heteroatoms. The maximum Gasteiger partial charge on any atom is 0.230 e. The van der Waals surface area contributed by atoms with Crippen LogP contribution in [0.15, 0.2) is 58.4 Å². The molecule has 0 aliphatic heterocycles. The molecule has 142 valence electrons. The Bertz CT molecular complexity index is 1080. The van der Waals surface area contributed by atoms with Crippen molar-refractivity contribution in [3.8, 4) is 0 Å². The molecule has 0 spiro atoms. The molecular formula is C18H15ClN6O2S. The van der Waals surface area contributed by atoms with Crippen LogP contribution in [0.5, 0.6) is 0 Å². The van der Waals surface area contributed by atoms with E-state index in [0.29, 0.717) is 40.1 Å². The zero-order chi connectivity index (χ0) is 19.3. The molecule has 0 bridgehead atoms. The normalized spacial score (nSPS) is 11.0. The fourth-order valence-corrected chi connectivity index (χ4v) is 3.42. The van der Waals surface area contributed by atoms with Gasteiger partial charge in [-0.3, -0.25) is 4.79 Å². The Hall–Kier alpha value is -2.91. The first-order valence-electron chi connectivity index (χ1n) is 8.39. The summed E-state index contributed by atoms with van der Waals surface area (Å²) in [6, 6.07) is 11.1. The second-order valence-corrected chi connectivity index (χ2v) is 7.27. The maximum atomic E-state index is 12.1. The number of carbonyl (C=O) groups excluding carboxylic acids is 1. The van der Waals surface area contributed by atoms with E-state index < -0.39 is 0 Å². The summed E-state index contributed by atoms with van der Waals surface area (Å²) in [7, 11) is 0. The molecule has 8 nitrogen and oxygen atoms in total. The molecule has 0 unspecified atom stereocenters. The van der Waals surface area contributed by atoms with Gasteiger partial charge >= 0.3 is 0 Å². The molecule has 1 aromatic carbocycles. The molecule has 3 heterocycles. The van der Waals surface area contributed by atoms with Crippen LogP contribution in [0.4, 0.5) is 0 Å². The lowest BCUT2D eigenvalue weighted by atomic mass is 10.2. The highest BCUT2D eigenvalue weighted by Gasteiger charge is 2.14. The summed E-state index contributed by atoms with van der Waals surface area (Å²) >= 11 is 7.21. The quantitative estimate of drug-likeness (QED) is 0.366. The van der Waals surface area contributed by atoms with Gasteiger partial charge in [0.1, 0.15) is 17.1 Å². The molecule has 4 aromatic rings. The van der Waals surface area contributed by atoms with E-state index in [2.05, 4.69) is 25.6 Å². The summed E-state index contributed by atoms with van der Waals surface area (Å²) in [5.74, 6) is 0.784. The molecule has 1 amide bonds. The van der Waals surface area contributed by atoms with Gasteiger partial charge in [-0.2, -0.15) is 0 Å². The minimum Gasteiger partial charge on any atom is -0.467 e. The molecule has 0 saturated heterocycles. The van der Waals surface area contributed by atoms with Crippen LogP contribution in [-0.2, 0) is 17.9 Å². The van der Waals surface area contributed by atoms with Crippen LogP contribution in [0.1, 0.15) is 11.3 Å². The first kappa shape index (κ1) is 18.5. The Morgan fingerprint density at radius 1 is 1.21 bits per heavy atom. The second kappa shape index (κ2) is 8.41. The van der Waals surface area contributed by atoms with E-state index in [4.69, 9.17) is 16.0 Å². The van der Waals surface area contributed by atoms with Gasteiger partial charge in [0.25, 0.3) is 0 Å². The predicted octanol–water partition coefficient (Wildman–Crippen LogP) is 2.92. The fourth-order valence-electron chi connectivity index (χ4n) is 2.53. The Labute approximate surface area is 169 Å². The van der Waals surface area contributed by atoms with Crippen molar-refractivity contribution >= 4 is 40.4 Å². The van der Waals surface area contributed by atoms with E-state index in [9.17, 15) is 4.79 Å². The number of aromatic nitrogens is 5.